The quantitative estimate of drug-likeness (QED) is 0.663. The van der Waals surface area contributed by atoms with Gasteiger partial charge in [0.25, 0.3) is 5.69 Å². The molecule has 2 aromatic rings. The van der Waals surface area contributed by atoms with Crippen molar-refractivity contribution in [2.45, 2.75) is 19.9 Å². The highest BCUT2D eigenvalue weighted by molar-refractivity contribution is 6.32. The van der Waals surface area contributed by atoms with Crippen LogP contribution in [0.2, 0.25) is 5.02 Å². The number of nitro benzene ring substituents is 1. The van der Waals surface area contributed by atoms with Crippen molar-refractivity contribution < 1.29 is 9.34 Å². The fourth-order valence-electron chi connectivity index (χ4n) is 1.96. The third-order valence-electron chi connectivity index (χ3n) is 2.99. The van der Waals surface area contributed by atoms with Gasteiger partial charge in [-0.2, -0.15) is 0 Å². The summed E-state index contributed by atoms with van der Waals surface area (Å²) in [5.74, 6) is 1.46. The Morgan fingerprint density at radius 1 is 1.40 bits per heavy atom. The summed E-state index contributed by atoms with van der Waals surface area (Å²) in [6.45, 7) is 4.88. The van der Waals surface area contributed by atoms with Gasteiger partial charge in [-0.1, -0.05) is 18.5 Å². The van der Waals surface area contributed by atoms with Crippen molar-refractivity contribution in [2.24, 2.45) is 0 Å². The first kappa shape index (κ1) is 14.6. The zero-order valence-electron chi connectivity index (χ0n) is 11.2. The maximum absolute atomic E-state index is 10.7. The molecule has 1 heterocycles. The van der Waals surface area contributed by atoms with Gasteiger partial charge in [-0.25, -0.2) is 0 Å². The molecule has 2 rings (SSSR count). The Morgan fingerprint density at radius 2 is 2.15 bits per heavy atom. The predicted octanol–water partition coefficient (Wildman–Crippen LogP) is 4.18. The van der Waals surface area contributed by atoms with Gasteiger partial charge < -0.3 is 9.73 Å². The zero-order valence-corrected chi connectivity index (χ0v) is 12.0. The first-order valence-corrected chi connectivity index (χ1v) is 6.68. The van der Waals surface area contributed by atoms with Gasteiger partial charge in [-0.05, 0) is 37.7 Å². The number of halogens is 1. The Hall–Kier alpha value is -1.85. The highest BCUT2D eigenvalue weighted by atomic mass is 35.5. The molecule has 1 atom stereocenters. The van der Waals surface area contributed by atoms with Crippen LogP contribution >= 0.6 is 11.6 Å². The lowest BCUT2D eigenvalue weighted by Gasteiger charge is -2.08. The van der Waals surface area contributed by atoms with Crippen LogP contribution in [0.4, 0.5) is 5.69 Å². The molecule has 0 aliphatic carbocycles. The van der Waals surface area contributed by atoms with Gasteiger partial charge in [0.1, 0.15) is 16.5 Å². The van der Waals surface area contributed by atoms with Crippen LogP contribution in [0.5, 0.6) is 0 Å². The van der Waals surface area contributed by atoms with Gasteiger partial charge in [-0.15, -0.1) is 0 Å². The third-order valence-corrected chi connectivity index (χ3v) is 3.30. The molecule has 1 unspecified atom stereocenters. The number of nitrogens with zero attached hydrogens (tertiary/aromatic N) is 1. The second-order valence-corrected chi connectivity index (χ2v) is 4.81. The van der Waals surface area contributed by atoms with Gasteiger partial charge in [0.15, 0.2) is 0 Å². The highest BCUT2D eigenvalue weighted by Crippen LogP contribution is 2.31. The lowest BCUT2D eigenvalue weighted by atomic mass is 10.1. The molecular weight excluding hydrogens is 280 g/mol. The molecule has 5 nitrogen and oxygen atoms in total. The average Bonchev–Trinajstić information content (AvgIpc) is 2.88. The van der Waals surface area contributed by atoms with Crippen molar-refractivity contribution in [3.05, 3.63) is 51.2 Å². The molecule has 0 aliphatic rings. The van der Waals surface area contributed by atoms with Crippen molar-refractivity contribution in [3.63, 3.8) is 0 Å². The van der Waals surface area contributed by atoms with Crippen molar-refractivity contribution in [1.29, 1.82) is 0 Å². The van der Waals surface area contributed by atoms with E-state index in [0.717, 1.165) is 17.9 Å². The largest absolute Gasteiger partial charge is 0.459 e. The zero-order chi connectivity index (χ0) is 14.7. The summed E-state index contributed by atoms with van der Waals surface area (Å²) in [6, 6.07) is 8.39. The summed E-state index contributed by atoms with van der Waals surface area (Å²) in [7, 11) is 0. The van der Waals surface area contributed by atoms with E-state index in [1.165, 1.54) is 6.07 Å². The summed E-state index contributed by atoms with van der Waals surface area (Å²) in [5, 5.41) is 14.1. The van der Waals surface area contributed by atoms with Crippen molar-refractivity contribution in [1.82, 2.24) is 5.32 Å². The minimum Gasteiger partial charge on any atom is -0.459 e. The first-order valence-electron chi connectivity index (χ1n) is 6.30. The second-order valence-electron chi connectivity index (χ2n) is 4.40. The smallest absolute Gasteiger partial charge is 0.287 e. The molecular formula is C14H15ClN2O3. The Bertz CT molecular complexity index is 625. The molecule has 0 bridgehead atoms. The molecule has 0 saturated carbocycles. The van der Waals surface area contributed by atoms with Crippen LogP contribution in [0.3, 0.4) is 0 Å². The van der Waals surface area contributed by atoms with Crippen molar-refractivity contribution in [3.8, 4) is 11.3 Å². The minimum absolute atomic E-state index is 0.102. The number of rotatable bonds is 5. The van der Waals surface area contributed by atoms with Crippen LogP contribution in [0.25, 0.3) is 11.3 Å². The van der Waals surface area contributed by atoms with E-state index in [9.17, 15) is 10.1 Å². The number of furan rings is 1. The van der Waals surface area contributed by atoms with E-state index in [0.29, 0.717) is 5.76 Å². The Labute approximate surface area is 121 Å². The van der Waals surface area contributed by atoms with E-state index in [4.69, 9.17) is 16.0 Å². The molecule has 0 aliphatic heterocycles. The average molecular weight is 295 g/mol. The van der Waals surface area contributed by atoms with E-state index in [-0.39, 0.29) is 16.8 Å². The summed E-state index contributed by atoms with van der Waals surface area (Å²) < 4.78 is 5.75. The molecule has 0 radical (unpaired) electrons. The van der Waals surface area contributed by atoms with Crippen LogP contribution in [-0.2, 0) is 0 Å². The number of nitro groups is 1. The summed E-state index contributed by atoms with van der Waals surface area (Å²) >= 11 is 5.90. The van der Waals surface area contributed by atoms with E-state index in [1.807, 2.05) is 26.0 Å². The third kappa shape index (κ3) is 3.00. The fourth-order valence-corrected chi connectivity index (χ4v) is 2.21. The van der Waals surface area contributed by atoms with Crippen LogP contribution in [-0.4, -0.2) is 11.5 Å². The van der Waals surface area contributed by atoms with Gasteiger partial charge in [-0.3, -0.25) is 10.1 Å². The standard InChI is InChI=1S/C14H15ClN2O3/c1-3-16-9(2)13-6-7-14(20-13)10-4-5-12(17(18)19)11(15)8-10/h4-9,16H,3H2,1-2H3. The monoisotopic (exact) mass is 294 g/mol. The number of nitrogens with one attached hydrogen (secondary N) is 1. The van der Waals surface area contributed by atoms with Crippen LogP contribution in [0, 0.1) is 10.1 Å². The highest BCUT2D eigenvalue weighted by Gasteiger charge is 2.15. The van der Waals surface area contributed by atoms with Gasteiger partial charge in [0, 0.05) is 11.6 Å². The van der Waals surface area contributed by atoms with Crippen LogP contribution in [0.15, 0.2) is 34.7 Å². The molecule has 20 heavy (non-hydrogen) atoms. The SMILES string of the molecule is CCNC(C)c1ccc(-c2ccc([N+](=O)[O-])c(Cl)c2)o1. The molecule has 0 spiro atoms. The van der Waals surface area contributed by atoms with E-state index in [2.05, 4.69) is 5.32 Å². The lowest BCUT2D eigenvalue weighted by molar-refractivity contribution is -0.384. The molecule has 6 heteroatoms. The maximum Gasteiger partial charge on any atom is 0.287 e. The molecule has 106 valence electrons. The van der Waals surface area contributed by atoms with Gasteiger partial charge in [0.2, 0.25) is 0 Å². The Kier molecular flexibility index (Phi) is 4.42. The molecule has 0 fully saturated rings. The van der Waals surface area contributed by atoms with E-state index >= 15 is 0 Å². The summed E-state index contributed by atoms with van der Waals surface area (Å²) in [6.07, 6.45) is 0. The predicted molar refractivity (Wildman–Crippen MR) is 77.9 cm³/mol. The molecule has 1 aromatic heterocycles. The maximum atomic E-state index is 10.7. The summed E-state index contributed by atoms with van der Waals surface area (Å²) in [5.41, 5.74) is 0.610. The van der Waals surface area contributed by atoms with Gasteiger partial charge >= 0.3 is 0 Å². The van der Waals surface area contributed by atoms with Crippen molar-refractivity contribution in [2.75, 3.05) is 6.54 Å². The van der Waals surface area contributed by atoms with Crippen LogP contribution in [0.1, 0.15) is 25.6 Å². The van der Waals surface area contributed by atoms with E-state index in [1.54, 1.807) is 12.1 Å². The van der Waals surface area contributed by atoms with Gasteiger partial charge in [0.05, 0.1) is 11.0 Å². The van der Waals surface area contributed by atoms with E-state index < -0.39 is 4.92 Å². The van der Waals surface area contributed by atoms with Crippen molar-refractivity contribution >= 4 is 17.3 Å². The second kappa shape index (κ2) is 6.07. The fraction of sp³-hybridized carbons (Fsp3) is 0.286. The Balaban J connectivity index is 2.28. The number of hydrogen-bond acceptors (Lipinski definition) is 4. The normalized spacial score (nSPS) is 12.3. The topological polar surface area (TPSA) is 68.3 Å². The number of benzene rings is 1. The molecule has 0 amide bonds. The molecule has 1 aromatic carbocycles. The Morgan fingerprint density at radius 3 is 2.75 bits per heavy atom. The molecule has 0 saturated heterocycles. The number of hydrogen-bond donors (Lipinski definition) is 1. The molecule has 1 N–H and O–H groups in total. The van der Waals surface area contributed by atoms with Crippen LogP contribution < -0.4 is 5.32 Å². The first-order chi connectivity index (χ1) is 9.52. The lowest BCUT2D eigenvalue weighted by Crippen LogP contribution is -2.16. The summed E-state index contributed by atoms with van der Waals surface area (Å²) in [4.78, 5) is 10.2. The minimum atomic E-state index is -0.507.